The molecular formula is C33H26N2. The van der Waals surface area contributed by atoms with Crippen molar-refractivity contribution in [1.82, 2.24) is 0 Å². The Labute approximate surface area is 208 Å². The lowest BCUT2D eigenvalue weighted by Gasteiger charge is -2.26. The average Bonchev–Trinajstić information content (AvgIpc) is 2.92. The summed E-state index contributed by atoms with van der Waals surface area (Å²) in [7, 11) is 0. The molecule has 0 aromatic heterocycles. The van der Waals surface area contributed by atoms with Gasteiger partial charge in [-0.15, -0.1) is 0 Å². The van der Waals surface area contributed by atoms with E-state index in [2.05, 4.69) is 97.6 Å². The highest BCUT2D eigenvalue weighted by Gasteiger charge is 2.22. The lowest BCUT2D eigenvalue weighted by atomic mass is 9.78. The van der Waals surface area contributed by atoms with Gasteiger partial charge >= 0.3 is 0 Å². The summed E-state index contributed by atoms with van der Waals surface area (Å²) in [6, 6.07) is 34.7. The molecule has 35 heavy (non-hydrogen) atoms. The summed E-state index contributed by atoms with van der Waals surface area (Å²) in [5, 5.41) is 8.93. The zero-order chi connectivity index (χ0) is 24.7. The Kier molecular flexibility index (Phi) is 7.06. The molecule has 168 valence electrons. The zero-order valence-corrected chi connectivity index (χ0v) is 19.9. The van der Waals surface area contributed by atoms with Crippen molar-refractivity contribution in [2.45, 2.75) is 19.3 Å². The van der Waals surface area contributed by atoms with Crippen LogP contribution in [0.25, 0.3) is 29.1 Å². The summed E-state index contributed by atoms with van der Waals surface area (Å²) in [4.78, 5) is 3.43. The van der Waals surface area contributed by atoms with Crippen LogP contribution in [-0.4, -0.2) is 0 Å². The topological polar surface area (TPSA) is 28.1 Å². The van der Waals surface area contributed by atoms with E-state index in [0.29, 0.717) is 11.3 Å². The number of nitriles is 1. The molecule has 0 saturated carbocycles. The van der Waals surface area contributed by atoms with Crippen LogP contribution in [-0.2, 0) is 5.41 Å². The maximum Gasteiger partial charge on any atom is 0.187 e. The van der Waals surface area contributed by atoms with Crippen LogP contribution in [0.15, 0.2) is 97.1 Å². The van der Waals surface area contributed by atoms with Gasteiger partial charge in [-0.1, -0.05) is 123 Å². The predicted molar refractivity (Wildman–Crippen MR) is 147 cm³/mol. The van der Waals surface area contributed by atoms with Gasteiger partial charge in [-0.2, -0.15) is 5.26 Å². The molecule has 0 aliphatic heterocycles. The molecule has 0 N–H and O–H groups in total. The van der Waals surface area contributed by atoms with Gasteiger partial charge < -0.3 is 0 Å². The summed E-state index contributed by atoms with van der Waals surface area (Å²) >= 11 is 0. The number of nitrogens with zero attached hydrogens (tertiary/aromatic N) is 2. The van der Waals surface area contributed by atoms with Crippen molar-refractivity contribution in [3.05, 3.63) is 147 Å². The van der Waals surface area contributed by atoms with E-state index in [4.69, 9.17) is 11.8 Å². The van der Waals surface area contributed by atoms with Crippen LogP contribution in [0.4, 0.5) is 5.69 Å². The maximum atomic E-state index is 8.93. The third-order valence-electron chi connectivity index (χ3n) is 6.26. The number of hydrogen-bond acceptors (Lipinski definition) is 1. The average molecular weight is 451 g/mol. The molecular weight excluding hydrogens is 424 g/mol. The number of benzene rings is 4. The monoisotopic (exact) mass is 450 g/mol. The van der Waals surface area contributed by atoms with Crippen molar-refractivity contribution in [2.24, 2.45) is 0 Å². The van der Waals surface area contributed by atoms with Gasteiger partial charge in [0.25, 0.3) is 0 Å². The molecule has 4 rings (SSSR count). The minimum atomic E-state index is -0.118. The van der Waals surface area contributed by atoms with Crippen molar-refractivity contribution in [1.29, 1.82) is 5.26 Å². The van der Waals surface area contributed by atoms with Gasteiger partial charge in [0.2, 0.25) is 0 Å². The second-order valence-electron chi connectivity index (χ2n) is 8.97. The number of rotatable bonds is 6. The van der Waals surface area contributed by atoms with E-state index < -0.39 is 0 Å². The lowest BCUT2D eigenvalue weighted by molar-refractivity contribution is 0.641. The Bertz CT molecular complexity index is 1310. The summed E-state index contributed by atoms with van der Waals surface area (Å²) in [5.74, 6) is 0. The molecule has 0 aliphatic rings. The molecule has 0 saturated heterocycles. The fraction of sp³-hybridized carbons (Fsp3) is 0.0909. The van der Waals surface area contributed by atoms with Crippen LogP contribution >= 0.6 is 0 Å². The van der Waals surface area contributed by atoms with Crippen LogP contribution < -0.4 is 0 Å². The molecule has 0 amide bonds. The molecule has 0 bridgehead atoms. The minimum absolute atomic E-state index is 0.118. The van der Waals surface area contributed by atoms with Gasteiger partial charge in [-0.25, -0.2) is 4.85 Å². The fourth-order valence-electron chi connectivity index (χ4n) is 3.90. The molecule has 4 aromatic carbocycles. The van der Waals surface area contributed by atoms with Gasteiger partial charge in [-0.05, 0) is 45.5 Å². The van der Waals surface area contributed by atoms with Gasteiger partial charge in [0.05, 0.1) is 18.2 Å². The molecule has 0 heterocycles. The quantitative estimate of drug-likeness (QED) is 0.213. The second-order valence-corrected chi connectivity index (χ2v) is 8.97. The van der Waals surface area contributed by atoms with E-state index in [1.165, 1.54) is 11.1 Å². The standard InChI is InChI=1S/C33H26N2/c1-33(2,30-18-12-26(13-19-30)5-4-25-8-10-29(24-34)11-9-25)31-20-14-27(15-21-31)6-7-28-16-22-32(35-3)23-17-28/h4-23H,1-2H3/b5-4+,7-6+. The van der Waals surface area contributed by atoms with E-state index in [9.17, 15) is 0 Å². The van der Waals surface area contributed by atoms with Crippen molar-refractivity contribution in [3.8, 4) is 6.07 Å². The van der Waals surface area contributed by atoms with Crippen LogP contribution in [0.3, 0.4) is 0 Å². The minimum Gasteiger partial charge on any atom is -0.238 e. The molecule has 0 aliphatic carbocycles. The predicted octanol–water partition coefficient (Wildman–Crippen LogP) is 8.78. The molecule has 0 unspecified atom stereocenters. The van der Waals surface area contributed by atoms with Crippen LogP contribution in [0.5, 0.6) is 0 Å². The van der Waals surface area contributed by atoms with Crippen LogP contribution in [0.1, 0.15) is 52.8 Å². The molecule has 0 atom stereocenters. The van der Waals surface area contributed by atoms with Crippen molar-refractivity contribution < 1.29 is 0 Å². The lowest BCUT2D eigenvalue weighted by Crippen LogP contribution is -2.18. The van der Waals surface area contributed by atoms with E-state index in [1.54, 1.807) is 0 Å². The molecule has 0 radical (unpaired) electrons. The van der Waals surface area contributed by atoms with E-state index in [1.807, 2.05) is 48.5 Å². The summed E-state index contributed by atoms with van der Waals surface area (Å²) < 4.78 is 0. The van der Waals surface area contributed by atoms with E-state index >= 15 is 0 Å². The third-order valence-corrected chi connectivity index (χ3v) is 6.26. The molecule has 4 aromatic rings. The van der Waals surface area contributed by atoms with Gasteiger partial charge in [0.1, 0.15) is 0 Å². The molecule has 0 spiro atoms. The SMILES string of the molecule is [C-]#[N+]c1ccc(/C=C/c2ccc(C(C)(C)c3ccc(/C=C/c4ccc(C#N)cc4)cc3)cc2)cc1. The number of hydrogen-bond donors (Lipinski definition) is 0. The first-order chi connectivity index (χ1) is 17.0. The first kappa shape index (κ1) is 23.5. The van der Waals surface area contributed by atoms with Crippen LogP contribution in [0, 0.1) is 17.9 Å². The summed E-state index contributed by atoms with van der Waals surface area (Å²) in [5.41, 5.74) is 8.16. The fourth-order valence-corrected chi connectivity index (χ4v) is 3.90. The summed E-state index contributed by atoms with van der Waals surface area (Å²) in [6.45, 7) is 11.5. The van der Waals surface area contributed by atoms with E-state index in [-0.39, 0.29) is 5.41 Å². The highest BCUT2D eigenvalue weighted by molar-refractivity contribution is 5.71. The third kappa shape index (κ3) is 5.83. The highest BCUT2D eigenvalue weighted by atomic mass is 14.6. The zero-order valence-electron chi connectivity index (χ0n) is 19.9. The van der Waals surface area contributed by atoms with Crippen molar-refractivity contribution in [3.63, 3.8) is 0 Å². The molecule has 2 nitrogen and oxygen atoms in total. The Balaban J connectivity index is 1.44. The normalized spacial score (nSPS) is 11.4. The largest absolute Gasteiger partial charge is 0.238 e. The van der Waals surface area contributed by atoms with Gasteiger partial charge in [0.15, 0.2) is 5.69 Å². The van der Waals surface area contributed by atoms with Gasteiger partial charge in [-0.3, -0.25) is 0 Å². The van der Waals surface area contributed by atoms with Gasteiger partial charge in [0, 0.05) is 5.41 Å². The highest BCUT2D eigenvalue weighted by Crippen LogP contribution is 2.32. The molecule has 0 fully saturated rings. The Hall–Kier alpha value is -4.66. The van der Waals surface area contributed by atoms with Crippen molar-refractivity contribution >= 4 is 30.0 Å². The Morgan fingerprint density at radius 3 is 1.29 bits per heavy atom. The summed E-state index contributed by atoms with van der Waals surface area (Å²) in [6.07, 6.45) is 8.32. The van der Waals surface area contributed by atoms with Crippen molar-refractivity contribution in [2.75, 3.05) is 0 Å². The Morgan fingerprint density at radius 2 is 0.943 bits per heavy atom. The van der Waals surface area contributed by atoms with E-state index in [0.717, 1.165) is 22.3 Å². The first-order valence-corrected chi connectivity index (χ1v) is 11.5. The second kappa shape index (κ2) is 10.5. The molecule has 2 heteroatoms. The first-order valence-electron chi connectivity index (χ1n) is 11.5. The maximum absolute atomic E-state index is 8.93. The Morgan fingerprint density at radius 1 is 0.600 bits per heavy atom. The van der Waals surface area contributed by atoms with Crippen LogP contribution in [0.2, 0.25) is 0 Å². The smallest absolute Gasteiger partial charge is 0.187 e.